The van der Waals surface area contributed by atoms with Crippen LogP contribution >= 0.6 is 23.2 Å². The van der Waals surface area contributed by atoms with Gasteiger partial charge in [-0.3, -0.25) is 0 Å². The van der Waals surface area contributed by atoms with Gasteiger partial charge in [-0.15, -0.1) is 0 Å². The SMILES string of the molecule is COC(=O)C(Nc1cccc(C)c1)c1c(Cl)cccc1Cl. The molecule has 0 saturated heterocycles. The minimum absolute atomic E-state index is 0.415. The lowest BCUT2D eigenvalue weighted by molar-refractivity contribution is -0.141. The largest absolute Gasteiger partial charge is 0.467 e. The van der Waals surface area contributed by atoms with Crippen LogP contribution in [0.25, 0.3) is 0 Å². The second-order valence-electron chi connectivity index (χ2n) is 4.61. The van der Waals surface area contributed by atoms with E-state index in [0.717, 1.165) is 11.3 Å². The number of methoxy groups -OCH3 is 1. The van der Waals surface area contributed by atoms with Gasteiger partial charge in [0.15, 0.2) is 6.04 Å². The number of anilines is 1. The number of aryl methyl sites for hydroxylation is 1. The van der Waals surface area contributed by atoms with Crippen molar-refractivity contribution >= 4 is 34.9 Å². The first-order valence-corrected chi connectivity index (χ1v) is 7.13. The molecule has 0 aliphatic carbocycles. The Hall–Kier alpha value is -1.71. The zero-order valence-corrected chi connectivity index (χ0v) is 13.2. The average Bonchev–Trinajstić information content (AvgIpc) is 2.45. The third kappa shape index (κ3) is 3.69. The molecule has 0 heterocycles. The van der Waals surface area contributed by atoms with Gasteiger partial charge in [0, 0.05) is 21.3 Å². The van der Waals surface area contributed by atoms with Gasteiger partial charge >= 0.3 is 5.97 Å². The van der Waals surface area contributed by atoms with Crippen LogP contribution in [-0.4, -0.2) is 13.1 Å². The van der Waals surface area contributed by atoms with Crippen LogP contribution in [0.5, 0.6) is 0 Å². The zero-order chi connectivity index (χ0) is 15.4. The summed E-state index contributed by atoms with van der Waals surface area (Å²) in [6, 6.07) is 12.0. The topological polar surface area (TPSA) is 38.3 Å². The molecule has 0 amide bonds. The van der Waals surface area contributed by atoms with Crippen molar-refractivity contribution in [1.82, 2.24) is 0 Å². The summed E-state index contributed by atoms with van der Waals surface area (Å²) in [5.74, 6) is -0.452. The molecule has 0 aliphatic rings. The Balaban J connectivity index is 2.42. The fourth-order valence-electron chi connectivity index (χ4n) is 2.05. The summed E-state index contributed by atoms with van der Waals surface area (Å²) < 4.78 is 4.86. The van der Waals surface area contributed by atoms with E-state index < -0.39 is 12.0 Å². The number of carbonyl (C=O) groups excluding carboxylic acids is 1. The fourth-order valence-corrected chi connectivity index (χ4v) is 2.67. The van der Waals surface area contributed by atoms with E-state index >= 15 is 0 Å². The van der Waals surface area contributed by atoms with E-state index in [-0.39, 0.29) is 0 Å². The van der Waals surface area contributed by atoms with Crippen molar-refractivity contribution in [2.45, 2.75) is 13.0 Å². The van der Waals surface area contributed by atoms with Crippen LogP contribution in [0, 0.1) is 6.92 Å². The van der Waals surface area contributed by atoms with Crippen LogP contribution < -0.4 is 5.32 Å². The molecule has 2 rings (SSSR count). The Morgan fingerprint density at radius 1 is 1.14 bits per heavy atom. The van der Waals surface area contributed by atoms with Gasteiger partial charge in [-0.05, 0) is 36.8 Å². The van der Waals surface area contributed by atoms with E-state index in [1.807, 2.05) is 31.2 Å². The van der Waals surface area contributed by atoms with E-state index in [9.17, 15) is 4.79 Å². The van der Waals surface area contributed by atoms with Crippen LogP contribution in [0.15, 0.2) is 42.5 Å². The molecule has 2 aromatic carbocycles. The molecule has 1 unspecified atom stereocenters. The molecule has 5 heteroatoms. The first-order chi connectivity index (χ1) is 10.0. The quantitative estimate of drug-likeness (QED) is 0.834. The van der Waals surface area contributed by atoms with Crippen LogP contribution in [0.1, 0.15) is 17.2 Å². The Kier molecular flexibility index (Phi) is 5.10. The highest BCUT2D eigenvalue weighted by Crippen LogP contribution is 2.33. The Labute approximate surface area is 133 Å². The maximum Gasteiger partial charge on any atom is 0.333 e. The van der Waals surface area contributed by atoms with E-state index in [2.05, 4.69) is 5.32 Å². The number of nitrogens with one attached hydrogen (secondary N) is 1. The zero-order valence-electron chi connectivity index (χ0n) is 11.7. The number of esters is 1. The fraction of sp³-hybridized carbons (Fsp3) is 0.188. The van der Waals surface area contributed by atoms with Gasteiger partial charge in [0.2, 0.25) is 0 Å². The molecule has 21 heavy (non-hydrogen) atoms. The summed E-state index contributed by atoms with van der Waals surface area (Å²) in [7, 11) is 1.33. The van der Waals surface area contributed by atoms with Crippen LogP contribution in [0.3, 0.4) is 0 Å². The Morgan fingerprint density at radius 2 is 1.76 bits per heavy atom. The van der Waals surface area contributed by atoms with E-state index in [4.69, 9.17) is 27.9 Å². The highest BCUT2D eigenvalue weighted by atomic mass is 35.5. The standard InChI is InChI=1S/C16H15Cl2NO2/c1-10-5-3-6-11(9-10)19-15(16(20)21-2)14-12(17)7-4-8-13(14)18/h3-9,15,19H,1-2H3. The lowest BCUT2D eigenvalue weighted by atomic mass is 10.1. The average molecular weight is 324 g/mol. The van der Waals surface area contributed by atoms with Gasteiger partial charge in [0.05, 0.1) is 7.11 Å². The lowest BCUT2D eigenvalue weighted by Gasteiger charge is -2.20. The van der Waals surface area contributed by atoms with Gasteiger partial charge < -0.3 is 10.1 Å². The minimum atomic E-state index is -0.766. The Bertz CT molecular complexity index is 638. The van der Waals surface area contributed by atoms with Crippen molar-refractivity contribution < 1.29 is 9.53 Å². The molecule has 110 valence electrons. The molecule has 0 radical (unpaired) electrons. The van der Waals surface area contributed by atoms with E-state index in [1.54, 1.807) is 18.2 Å². The van der Waals surface area contributed by atoms with Gasteiger partial charge in [0.25, 0.3) is 0 Å². The Morgan fingerprint density at radius 3 is 2.33 bits per heavy atom. The molecule has 3 nitrogen and oxygen atoms in total. The highest BCUT2D eigenvalue weighted by Gasteiger charge is 2.26. The number of ether oxygens (including phenoxy) is 1. The number of hydrogen-bond acceptors (Lipinski definition) is 3. The van der Waals surface area contributed by atoms with Crippen molar-refractivity contribution in [1.29, 1.82) is 0 Å². The molecule has 0 spiro atoms. The molecule has 0 bridgehead atoms. The van der Waals surface area contributed by atoms with E-state index in [1.165, 1.54) is 7.11 Å². The molecule has 1 atom stereocenters. The maximum atomic E-state index is 12.1. The van der Waals surface area contributed by atoms with Crippen molar-refractivity contribution in [3.63, 3.8) is 0 Å². The van der Waals surface area contributed by atoms with Crippen molar-refractivity contribution in [2.75, 3.05) is 12.4 Å². The summed E-state index contributed by atoms with van der Waals surface area (Å²) in [4.78, 5) is 12.1. The minimum Gasteiger partial charge on any atom is -0.467 e. The number of carbonyl (C=O) groups is 1. The molecule has 0 aromatic heterocycles. The number of hydrogen-bond donors (Lipinski definition) is 1. The number of halogens is 2. The van der Waals surface area contributed by atoms with E-state index in [0.29, 0.717) is 15.6 Å². The molecule has 0 saturated carbocycles. The number of benzene rings is 2. The third-order valence-corrected chi connectivity index (χ3v) is 3.71. The van der Waals surface area contributed by atoms with Crippen molar-refractivity contribution in [3.8, 4) is 0 Å². The van der Waals surface area contributed by atoms with Gasteiger partial charge in [-0.2, -0.15) is 0 Å². The molecule has 0 fully saturated rings. The molecule has 0 aliphatic heterocycles. The summed E-state index contributed by atoms with van der Waals surface area (Å²) in [6.45, 7) is 1.97. The monoisotopic (exact) mass is 323 g/mol. The lowest BCUT2D eigenvalue weighted by Crippen LogP contribution is -2.23. The third-order valence-electron chi connectivity index (χ3n) is 3.05. The van der Waals surface area contributed by atoms with Gasteiger partial charge in [0.1, 0.15) is 0 Å². The predicted octanol–water partition coefficient (Wildman–Crippen LogP) is 4.63. The van der Waals surface area contributed by atoms with Crippen LogP contribution in [-0.2, 0) is 9.53 Å². The summed E-state index contributed by atoms with van der Waals surface area (Å²) >= 11 is 12.4. The van der Waals surface area contributed by atoms with Crippen molar-refractivity contribution in [3.05, 3.63) is 63.6 Å². The molecule has 1 N–H and O–H groups in total. The summed E-state index contributed by atoms with van der Waals surface area (Å²) in [5, 5.41) is 3.95. The van der Waals surface area contributed by atoms with Crippen LogP contribution in [0.4, 0.5) is 5.69 Å². The summed E-state index contributed by atoms with van der Waals surface area (Å²) in [5.41, 5.74) is 2.38. The highest BCUT2D eigenvalue weighted by molar-refractivity contribution is 6.36. The first kappa shape index (κ1) is 15.7. The number of rotatable bonds is 4. The maximum absolute atomic E-state index is 12.1. The smallest absolute Gasteiger partial charge is 0.333 e. The normalized spacial score (nSPS) is 11.8. The second kappa shape index (κ2) is 6.83. The summed E-state index contributed by atoms with van der Waals surface area (Å²) in [6.07, 6.45) is 0. The first-order valence-electron chi connectivity index (χ1n) is 6.38. The predicted molar refractivity (Wildman–Crippen MR) is 86.0 cm³/mol. The van der Waals surface area contributed by atoms with Crippen LogP contribution in [0.2, 0.25) is 10.0 Å². The second-order valence-corrected chi connectivity index (χ2v) is 5.42. The molecular formula is C16H15Cl2NO2. The molecule has 2 aromatic rings. The van der Waals surface area contributed by atoms with Crippen molar-refractivity contribution in [2.24, 2.45) is 0 Å². The van der Waals surface area contributed by atoms with Gasteiger partial charge in [-0.1, -0.05) is 41.4 Å². The van der Waals surface area contributed by atoms with Gasteiger partial charge in [-0.25, -0.2) is 4.79 Å². The molecular weight excluding hydrogens is 309 g/mol.